The summed E-state index contributed by atoms with van der Waals surface area (Å²) in [5, 5.41) is 11.0. The molecule has 0 amide bonds. The predicted molar refractivity (Wildman–Crippen MR) is 166 cm³/mol. The van der Waals surface area contributed by atoms with Gasteiger partial charge in [0.2, 0.25) is 0 Å². The number of aliphatic hydroxyl groups is 1. The average molecular weight is 597 g/mol. The Kier molecular flexibility index (Phi) is 12.9. The first-order valence-electron chi connectivity index (χ1n) is 16.5. The minimum atomic E-state index is -1.03. The molecular formula is C36H52O7. The Hall–Kier alpha value is -2.48. The molecule has 1 aliphatic heterocycles. The van der Waals surface area contributed by atoms with Crippen molar-refractivity contribution in [1.82, 2.24) is 0 Å². The van der Waals surface area contributed by atoms with E-state index in [1.54, 1.807) is 12.1 Å². The third-order valence-electron chi connectivity index (χ3n) is 9.74. The highest BCUT2D eigenvalue weighted by Gasteiger charge is 2.51. The highest BCUT2D eigenvalue weighted by Crippen LogP contribution is 2.46. The van der Waals surface area contributed by atoms with Crippen LogP contribution in [0.3, 0.4) is 0 Å². The molecular weight excluding hydrogens is 544 g/mol. The lowest BCUT2D eigenvalue weighted by Gasteiger charge is -2.40. The lowest BCUT2D eigenvalue weighted by atomic mass is 9.80. The number of carbonyl (C=O) groups is 2. The SMILES string of the molecule is CC=C[C@@H]1[C@@H](CC=CCCC(OC2CCCCO2)(C(=O)OC)C2CCC(CCC)C2)[C@@H](O)C[C@H]1OC(=O)c1ccccc1. The van der Waals surface area contributed by atoms with Crippen LogP contribution in [-0.4, -0.2) is 54.9 Å². The summed E-state index contributed by atoms with van der Waals surface area (Å²) < 4.78 is 23.9. The fraction of sp³-hybridized carbons (Fsp3) is 0.667. The Balaban J connectivity index is 1.42. The molecule has 7 nitrogen and oxygen atoms in total. The fourth-order valence-electron chi connectivity index (χ4n) is 7.54. The summed E-state index contributed by atoms with van der Waals surface area (Å²) in [4.78, 5) is 26.3. The van der Waals surface area contributed by atoms with E-state index < -0.39 is 11.7 Å². The Morgan fingerprint density at radius 2 is 1.91 bits per heavy atom. The molecule has 3 aliphatic rings. The van der Waals surface area contributed by atoms with E-state index in [4.69, 9.17) is 18.9 Å². The number of esters is 2. The number of carbonyl (C=O) groups excluding carboxylic acids is 2. The van der Waals surface area contributed by atoms with Gasteiger partial charge in [0.25, 0.3) is 0 Å². The van der Waals surface area contributed by atoms with Gasteiger partial charge < -0.3 is 24.1 Å². The summed E-state index contributed by atoms with van der Waals surface area (Å²) in [7, 11) is 1.46. The molecule has 0 spiro atoms. The molecule has 1 aromatic rings. The first kappa shape index (κ1) is 33.4. The van der Waals surface area contributed by atoms with Crippen LogP contribution in [0.4, 0.5) is 0 Å². The summed E-state index contributed by atoms with van der Waals surface area (Å²) >= 11 is 0. The van der Waals surface area contributed by atoms with Gasteiger partial charge in [0, 0.05) is 18.9 Å². The summed E-state index contributed by atoms with van der Waals surface area (Å²) in [6.45, 7) is 4.82. The Morgan fingerprint density at radius 3 is 2.60 bits per heavy atom. The van der Waals surface area contributed by atoms with Gasteiger partial charge in [-0.05, 0) is 88.2 Å². The molecule has 3 fully saturated rings. The second-order valence-corrected chi connectivity index (χ2v) is 12.6. The first-order chi connectivity index (χ1) is 20.9. The molecule has 1 N–H and O–H groups in total. The van der Waals surface area contributed by atoms with E-state index >= 15 is 0 Å². The highest BCUT2D eigenvalue weighted by molar-refractivity contribution is 5.89. The van der Waals surface area contributed by atoms with Gasteiger partial charge >= 0.3 is 11.9 Å². The number of methoxy groups -OCH3 is 1. The van der Waals surface area contributed by atoms with Gasteiger partial charge in [0.05, 0.1) is 18.8 Å². The topological polar surface area (TPSA) is 91.3 Å². The minimum absolute atomic E-state index is 0.0667. The van der Waals surface area contributed by atoms with Crippen molar-refractivity contribution < 1.29 is 33.6 Å². The molecule has 43 heavy (non-hydrogen) atoms. The van der Waals surface area contributed by atoms with E-state index in [0.29, 0.717) is 43.8 Å². The number of aliphatic hydroxyl groups excluding tert-OH is 1. The third-order valence-corrected chi connectivity index (χ3v) is 9.74. The number of hydrogen-bond donors (Lipinski definition) is 1. The maximum absolute atomic E-state index is 13.5. The van der Waals surface area contributed by atoms with Crippen molar-refractivity contribution in [3.8, 4) is 0 Å². The van der Waals surface area contributed by atoms with Gasteiger partial charge in [0.15, 0.2) is 11.9 Å². The molecule has 1 heterocycles. The van der Waals surface area contributed by atoms with Crippen molar-refractivity contribution in [3.05, 3.63) is 60.2 Å². The van der Waals surface area contributed by atoms with E-state index in [2.05, 4.69) is 19.1 Å². The van der Waals surface area contributed by atoms with Crippen molar-refractivity contribution >= 4 is 11.9 Å². The normalized spacial score (nSPS) is 30.9. The zero-order chi connectivity index (χ0) is 30.7. The molecule has 0 aromatic heterocycles. The summed E-state index contributed by atoms with van der Waals surface area (Å²) in [5.41, 5.74) is -0.515. The number of ether oxygens (including phenoxy) is 4. The molecule has 2 saturated carbocycles. The van der Waals surface area contributed by atoms with Crippen molar-refractivity contribution in [2.75, 3.05) is 13.7 Å². The lowest BCUT2D eigenvalue weighted by molar-refractivity contribution is -0.247. The molecule has 2 aliphatic carbocycles. The number of rotatable bonds is 14. The second-order valence-electron chi connectivity index (χ2n) is 12.6. The van der Waals surface area contributed by atoms with Crippen LogP contribution in [0.15, 0.2) is 54.6 Å². The van der Waals surface area contributed by atoms with E-state index in [1.165, 1.54) is 13.5 Å². The van der Waals surface area contributed by atoms with Gasteiger partial charge in [-0.25, -0.2) is 9.59 Å². The van der Waals surface area contributed by atoms with Crippen LogP contribution in [0, 0.1) is 23.7 Å². The van der Waals surface area contributed by atoms with Crippen molar-refractivity contribution in [2.24, 2.45) is 23.7 Å². The fourth-order valence-corrected chi connectivity index (χ4v) is 7.54. The quantitative estimate of drug-likeness (QED) is 0.180. The van der Waals surface area contributed by atoms with Crippen LogP contribution < -0.4 is 0 Å². The maximum atomic E-state index is 13.5. The average Bonchev–Trinajstić information content (AvgIpc) is 3.61. The molecule has 1 saturated heterocycles. The van der Waals surface area contributed by atoms with Crippen LogP contribution in [0.25, 0.3) is 0 Å². The lowest BCUT2D eigenvalue weighted by Crippen LogP contribution is -2.51. The second kappa shape index (κ2) is 16.6. The van der Waals surface area contributed by atoms with E-state index in [9.17, 15) is 14.7 Å². The monoisotopic (exact) mass is 596 g/mol. The van der Waals surface area contributed by atoms with E-state index in [-0.39, 0.29) is 42.1 Å². The minimum Gasteiger partial charge on any atom is -0.467 e. The Bertz CT molecular complexity index is 1060. The summed E-state index contributed by atoms with van der Waals surface area (Å²) in [6.07, 6.45) is 17.3. The van der Waals surface area contributed by atoms with E-state index in [0.717, 1.165) is 44.9 Å². The molecule has 8 atom stereocenters. The Labute approximate surface area is 258 Å². The molecule has 4 rings (SSSR count). The van der Waals surface area contributed by atoms with Crippen molar-refractivity contribution in [1.29, 1.82) is 0 Å². The molecule has 1 aromatic carbocycles. The smallest absolute Gasteiger partial charge is 0.338 e. The number of allylic oxidation sites excluding steroid dienone is 3. The van der Waals surface area contributed by atoms with Gasteiger partial charge in [-0.3, -0.25) is 0 Å². The van der Waals surface area contributed by atoms with Crippen LogP contribution in [0.2, 0.25) is 0 Å². The van der Waals surface area contributed by atoms with E-state index in [1.807, 2.05) is 37.3 Å². The van der Waals surface area contributed by atoms with Crippen LogP contribution >= 0.6 is 0 Å². The van der Waals surface area contributed by atoms with Crippen LogP contribution in [-0.2, 0) is 23.7 Å². The molecule has 4 unspecified atom stereocenters. The van der Waals surface area contributed by atoms with Gasteiger partial charge in [0.1, 0.15) is 6.10 Å². The molecule has 0 bridgehead atoms. The number of benzene rings is 1. The van der Waals surface area contributed by atoms with Crippen LogP contribution in [0.1, 0.15) is 101 Å². The zero-order valence-corrected chi connectivity index (χ0v) is 26.3. The largest absolute Gasteiger partial charge is 0.467 e. The molecule has 238 valence electrons. The highest BCUT2D eigenvalue weighted by atomic mass is 16.7. The molecule has 0 radical (unpaired) electrons. The standard InChI is InChI=1S/C36H52O7/c1-4-14-26-20-21-28(24-26)36(35(39)40-3,43-33-19-11-13-23-41-33)22-12-7-10-18-29-30(15-5-2)32(25-31(29)37)42-34(38)27-16-8-6-9-17-27/h5-10,15-17,26,28-33,37H,4,11-14,18-25H2,1-3H3/t26?,28?,29-,30-,31+,32-,33?,36?/m1/s1. The summed E-state index contributed by atoms with van der Waals surface area (Å²) in [6, 6.07) is 8.98. The van der Waals surface area contributed by atoms with Crippen molar-refractivity contribution in [2.45, 2.75) is 115 Å². The zero-order valence-electron chi connectivity index (χ0n) is 26.3. The molecule has 7 heteroatoms. The van der Waals surface area contributed by atoms with Crippen molar-refractivity contribution in [3.63, 3.8) is 0 Å². The van der Waals surface area contributed by atoms with Gasteiger partial charge in [-0.15, -0.1) is 0 Å². The van der Waals surface area contributed by atoms with Gasteiger partial charge in [-0.1, -0.05) is 68.7 Å². The summed E-state index contributed by atoms with van der Waals surface area (Å²) in [5.74, 6) is -0.0829. The maximum Gasteiger partial charge on any atom is 0.338 e. The predicted octanol–water partition coefficient (Wildman–Crippen LogP) is 7.18. The number of hydrogen-bond acceptors (Lipinski definition) is 7. The van der Waals surface area contributed by atoms with Crippen LogP contribution in [0.5, 0.6) is 0 Å². The third kappa shape index (κ3) is 8.58. The van der Waals surface area contributed by atoms with Gasteiger partial charge in [-0.2, -0.15) is 0 Å². The Morgan fingerprint density at radius 1 is 1.09 bits per heavy atom. The first-order valence-corrected chi connectivity index (χ1v) is 16.5.